The number of pyridine rings is 1. The molecule has 1 aliphatic rings. The van der Waals surface area contributed by atoms with Crippen molar-refractivity contribution in [2.45, 2.75) is 45.4 Å². The fourth-order valence-corrected chi connectivity index (χ4v) is 2.84. The number of nitrogens with zero attached hydrogens (tertiary/aromatic N) is 2. The van der Waals surface area contributed by atoms with Gasteiger partial charge in [0.25, 0.3) is 0 Å². The molecule has 1 aliphatic carbocycles. The molecule has 0 bridgehead atoms. The van der Waals surface area contributed by atoms with E-state index in [0.717, 1.165) is 5.65 Å². The van der Waals surface area contributed by atoms with Crippen LogP contribution in [0.1, 0.15) is 49.1 Å². The third-order valence-corrected chi connectivity index (χ3v) is 3.74. The summed E-state index contributed by atoms with van der Waals surface area (Å²) >= 11 is 0. The first-order chi connectivity index (χ1) is 7.79. The van der Waals surface area contributed by atoms with Gasteiger partial charge in [0.15, 0.2) is 0 Å². The van der Waals surface area contributed by atoms with Crippen LogP contribution >= 0.6 is 0 Å². The van der Waals surface area contributed by atoms with E-state index in [9.17, 15) is 0 Å². The Kier molecular flexibility index (Phi) is 2.23. The Morgan fingerprint density at radius 2 is 2.31 bits per heavy atom. The highest BCUT2D eigenvalue weighted by molar-refractivity contribution is 5.46. The fraction of sp³-hybridized carbons (Fsp3) is 0.500. The molecule has 0 aromatic carbocycles. The van der Waals surface area contributed by atoms with Crippen molar-refractivity contribution in [2.24, 2.45) is 0 Å². The summed E-state index contributed by atoms with van der Waals surface area (Å²) < 4.78 is 2.30. The number of hydrogen-bond donors (Lipinski definition) is 0. The zero-order valence-corrected chi connectivity index (χ0v) is 10.0. The van der Waals surface area contributed by atoms with Crippen molar-refractivity contribution in [2.75, 3.05) is 0 Å². The first kappa shape index (κ1) is 9.88. The lowest BCUT2D eigenvalue weighted by molar-refractivity contribution is 0.523. The van der Waals surface area contributed by atoms with E-state index in [2.05, 4.69) is 36.6 Å². The molecule has 2 nitrogen and oxygen atoms in total. The van der Waals surface area contributed by atoms with E-state index >= 15 is 0 Å². The average molecular weight is 214 g/mol. The van der Waals surface area contributed by atoms with E-state index in [4.69, 9.17) is 4.98 Å². The lowest BCUT2D eigenvalue weighted by atomic mass is 9.88. The van der Waals surface area contributed by atoms with Gasteiger partial charge in [-0.3, -0.25) is 0 Å². The highest BCUT2D eigenvalue weighted by Crippen LogP contribution is 2.33. The van der Waals surface area contributed by atoms with E-state index < -0.39 is 0 Å². The van der Waals surface area contributed by atoms with Crippen LogP contribution in [0, 0.1) is 6.92 Å². The van der Waals surface area contributed by atoms with Crippen molar-refractivity contribution >= 4 is 5.65 Å². The number of fused-ring (bicyclic) bond motifs is 3. The van der Waals surface area contributed by atoms with Gasteiger partial charge in [-0.05, 0) is 44.2 Å². The highest BCUT2D eigenvalue weighted by Gasteiger charge is 2.23. The quantitative estimate of drug-likeness (QED) is 0.710. The molecule has 0 saturated heterocycles. The van der Waals surface area contributed by atoms with Crippen molar-refractivity contribution in [3.63, 3.8) is 0 Å². The third-order valence-electron chi connectivity index (χ3n) is 3.74. The van der Waals surface area contributed by atoms with Crippen LogP contribution in [-0.2, 0) is 6.42 Å². The molecule has 0 aliphatic heterocycles. The smallest absolute Gasteiger partial charge is 0.137 e. The second-order valence-corrected chi connectivity index (χ2v) is 4.88. The first-order valence-electron chi connectivity index (χ1n) is 6.27. The summed E-state index contributed by atoms with van der Waals surface area (Å²) in [5.41, 5.74) is 5.25. The van der Waals surface area contributed by atoms with Gasteiger partial charge in [-0.25, -0.2) is 4.98 Å². The Morgan fingerprint density at radius 1 is 1.44 bits per heavy atom. The monoisotopic (exact) mass is 214 g/mol. The molecule has 0 radical (unpaired) electrons. The normalized spacial score (nSPS) is 20.0. The topological polar surface area (TPSA) is 17.3 Å². The SMILES string of the molecule is CCC1CCCc2c1nc1ccc(C)cn21. The Bertz CT molecular complexity index is 525. The van der Waals surface area contributed by atoms with Crippen molar-refractivity contribution in [3.8, 4) is 0 Å². The number of imidazole rings is 1. The molecule has 3 rings (SSSR count). The van der Waals surface area contributed by atoms with Crippen LogP contribution in [0.5, 0.6) is 0 Å². The van der Waals surface area contributed by atoms with Crippen molar-refractivity contribution < 1.29 is 0 Å². The summed E-state index contributed by atoms with van der Waals surface area (Å²) in [5.74, 6) is 0.684. The minimum Gasteiger partial charge on any atom is -0.304 e. The van der Waals surface area contributed by atoms with Crippen molar-refractivity contribution in [1.29, 1.82) is 0 Å². The summed E-state index contributed by atoms with van der Waals surface area (Å²) in [6.07, 6.45) is 7.26. The molecule has 0 N–H and O–H groups in total. The molecule has 1 unspecified atom stereocenters. The number of hydrogen-bond acceptors (Lipinski definition) is 1. The van der Waals surface area contributed by atoms with Gasteiger partial charge in [0.1, 0.15) is 5.65 Å². The molecule has 1 atom stereocenters. The summed E-state index contributed by atoms with van der Waals surface area (Å²) in [5, 5.41) is 0. The van der Waals surface area contributed by atoms with E-state index in [1.807, 2.05) is 0 Å². The average Bonchev–Trinajstić information content (AvgIpc) is 2.67. The second kappa shape index (κ2) is 3.62. The van der Waals surface area contributed by atoms with Gasteiger partial charge in [0.05, 0.1) is 5.69 Å². The molecule has 2 heteroatoms. The molecular weight excluding hydrogens is 196 g/mol. The van der Waals surface area contributed by atoms with E-state index in [-0.39, 0.29) is 0 Å². The summed E-state index contributed by atoms with van der Waals surface area (Å²) in [6, 6.07) is 4.29. The maximum absolute atomic E-state index is 4.81. The summed E-state index contributed by atoms with van der Waals surface area (Å²) in [6.45, 7) is 4.42. The molecule has 0 spiro atoms. The molecule has 0 fully saturated rings. The second-order valence-electron chi connectivity index (χ2n) is 4.88. The predicted octanol–water partition coefficient (Wildman–Crippen LogP) is 3.47. The standard InChI is InChI=1S/C14H18N2/c1-3-11-5-4-6-12-14(11)15-13-8-7-10(2)9-16(12)13/h7-9,11H,3-6H2,1-2H3. The van der Waals surface area contributed by atoms with E-state index in [1.54, 1.807) is 0 Å². The van der Waals surface area contributed by atoms with Crippen molar-refractivity contribution in [3.05, 3.63) is 35.3 Å². The van der Waals surface area contributed by atoms with Crippen LogP contribution in [0.4, 0.5) is 0 Å². The van der Waals surface area contributed by atoms with Crippen LogP contribution in [-0.4, -0.2) is 9.38 Å². The Hall–Kier alpha value is -1.31. The zero-order chi connectivity index (χ0) is 11.1. The van der Waals surface area contributed by atoms with Crippen LogP contribution in [0.25, 0.3) is 5.65 Å². The predicted molar refractivity (Wildman–Crippen MR) is 65.9 cm³/mol. The molecule has 2 aromatic heterocycles. The van der Waals surface area contributed by atoms with Gasteiger partial charge in [0.2, 0.25) is 0 Å². The van der Waals surface area contributed by atoms with Crippen LogP contribution in [0.15, 0.2) is 18.3 Å². The first-order valence-corrected chi connectivity index (χ1v) is 6.27. The van der Waals surface area contributed by atoms with Crippen LogP contribution < -0.4 is 0 Å². The third kappa shape index (κ3) is 1.36. The van der Waals surface area contributed by atoms with Crippen LogP contribution in [0.2, 0.25) is 0 Å². The van der Waals surface area contributed by atoms with Gasteiger partial charge in [-0.1, -0.05) is 13.0 Å². The molecular formula is C14H18N2. The minimum atomic E-state index is 0.684. The van der Waals surface area contributed by atoms with Crippen LogP contribution in [0.3, 0.4) is 0 Å². The molecule has 2 heterocycles. The minimum absolute atomic E-state index is 0.684. The van der Waals surface area contributed by atoms with E-state index in [0.29, 0.717) is 5.92 Å². The van der Waals surface area contributed by atoms with Gasteiger partial charge in [-0.15, -0.1) is 0 Å². The largest absolute Gasteiger partial charge is 0.304 e. The maximum Gasteiger partial charge on any atom is 0.137 e. The number of aromatic nitrogens is 2. The molecule has 0 amide bonds. The lowest BCUT2D eigenvalue weighted by Gasteiger charge is -2.19. The number of aryl methyl sites for hydroxylation is 2. The molecule has 0 saturated carbocycles. The van der Waals surface area contributed by atoms with E-state index in [1.165, 1.54) is 42.6 Å². The highest BCUT2D eigenvalue weighted by atomic mass is 15.0. The Morgan fingerprint density at radius 3 is 3.12 bits per heavy atom. The molecule has 84 valence electrons. The summed E-state index contributed by atoms with van der Waals surface area (Å²) in [7, 11) is 0. The maximum atomic E-state index is 4.81. The Labute approximate surface area is 96.3 Å². The molecule has 2 aromatic rings. The number of rotatable bonds is 1. The zero-order valence-electron chi connectivity index (χ0n) is 10.0. The Balaban J connectivity index is 2.24. The molecule has 16 heavy (non-hydrogen) atoms. The lowest BCUT2D eigenvalue weighted by Crippen LogP contribution is -2.09. The van der Waals surface area contributed by atoms with Gasteiger partial charge >= 0.3 is 0 Å². The van der Waals surface area contributed by atoms with Gasteiger partial charge in [-0.2, -0.15) is 0 Å². The summed E-state index contributed by atoms with van der Waals surface area (Å²) in [4.78, 5) is 4.81. The van der Waals surface area contributed by atoms with Gasteiger partial charge in [0, 0.05) is 17.8 Å². The van der Waals surface area contributed by atoms with Crippen molar-refractivity contribution in [1.82, 2.24) is 9.38 Å². The van der Waals surface area contributed by atoms with Gasteiger partial charge < -0.3 is 4.40 Å². The fourth-order valence-electron chi connectivity index (χ4n) is 2.84.